The molecule has 100 valence electrons. The van der Waals surface area contributed by atoms with E-state index in [-0.39, 0.29) is 5.41 Å². The molecule has 0 aromatic heterocycles. The molecule has 5 heteroatoms. The van der Waals surface area contributed by atoms with E-state index in [1.165, 1.54) is 0 Å². The lowest BCUT2D eigenvalue weighted by atomic mass is 9.97. The lowest BCUT2D eigenvalue weighted by Crippen LogP contribution is -2.26. The van der Waals surface area contributed by atoms with Gasteiger partial charge >= 0.3 is 0 Å². The Labute approximate surface area is 112 Å². The highest BCUT2D eigenvalue weighted by atomic mass is 35.5. The summed E-state index contributed by atoms with van der Waals surface area (Å²) in [4.78, 5) is 4.57. The SMILES string of the molecule is CC1(C)COc2cc(Cl)c(CCON)cc2OC1. The predicted molar refractivity (Wildman–Crippen MR) is 70.1 cm³/mol. The molecule has 1 heterocycles. The molecule has 0 spiro atoms. The molecule has 0 radical (unpaired) electrons. The Bertz CT molecular complexity index is 434. The number of nitrogens with two attached hydrogens (primary N) is 1. The minimum absolute atomic E-state index is 0.00791. The number of benzene rings is 1. The number of rotatable bonds is 3. The van der Waals surface area contributed by atoms with Crippen LogP contribution in [0.2, 0.25) is 5.02 Å². The lowest BCUT2D eigenvalue weighted by Gasteiger charge is -2.19. The normalized spacial score (nSPS) is 17.3. The highest BCUT2D eigenvalue weighted by Crippen LogP contribution is 2.37. The molecule has 0 saturated heterocycles. The number of fused-ring (bicyclic) bond motifs is 1. The number of halogens is 1. The topological polar surface area (TPSA) is 53.7 Å². The molecule has 2 rings (SSSR count). The summed E-state index contributed by atoms with van der Waals surface area (Å²) in [5, 5.41) is 0.647. The maximum absolute atomic E-state index is 6.19. The summed E-state index contributed by atoms with van der Waals surface area (Å²) in [5.74, 6) is 6.46. The molecule has 0 atom stereocenters. The van der Waals surface area contributed by atoms with E-state index in [9.17, 15) is 0 Å². The summed E-state index contributed by atoms with van der Waals surface area (Å²) < 4.78 is 11.5. The van der Waals surface area contributed by atoms with Crippen molar-refractivity contribution in [2.24, 2.45) is 11.3 Å². The van der Waals surface area contributed by atoms with E-state index >= 15 is 0 Å². The van der Waals surface area contributed by atoms with Crippen molar-refractivity contribution in [3.63, 3.8) is 0 Å². The van der Waals surface area contributed by atoms with Crippen LogP contribution in [-0.2, 0) is 11.3 Å². The van der Waals surface area contributed by atoms with E-state index in [2.05, 4.69) is 18.7 Å². The van der Waals surface area contributed by atoms with Crippen LogP contribution >= 0.6 is 11.6 Å². The molecule has 0 aliphatic carbocycles. The van der Waals surface area contributed by atoms with Crippen LogP contribution in [0.4, 0.5) is 0 Å². The summed E-state index contributed by atoms with van der Waals surface area (Å²) in [7, 11) is 0. The fourth-order valence-electron chi connectivity index (χ4n) is 1.75. The Morgan fingerprint density at radius 3 is 2.50 bits per heavy atom. The first-order valence-corrected chi connectivity index (χ1v) is 6.29. The monoisotopic (exact) mass is 271 g/mol. The first kappa shape index (κ1) is 13.5. The van der Waals surface area contributed by atoms with E-state index in [4.69, 9.17) is 27.0 Å². The van der Waals surface area contributed by atoms with Gasteiger partial charge in [-0.1, -0.05) is 25.4 Å². The number of hydrogen-bond acceptors (Lipinski definition) is 4. The Balaban J connectivity index is 2.24. The number of ether oxygens (including phenoxy) is 2. The van der Waals surface area contributed by atoms with Gasteiger partial charge in [-0.25, -0.2) is 5.90 Å². The second-order valence-electron chi connectivity index (χ2n) is 5.25. The molecule has 1 aliphatic rings. The molecule has 1 aromatic rings. The largest absolute Gasteiger partial charge is 0.489 e. The molecule has 1 aromatic carbocycles. The second kappa shape index (κ2) is 5.34. The maximum atomic E-state index is 6.19. The van der Waals surface area contributed by atoms with Crippen molar-refractivity contribution < 1.29 is 14.3 Å². The van der Waals surface area contributed by atoms with Crippen molar-refractivity contribution in [3.8, 4) is 11.5 Å². The molecule has 4 nitrogen and oxygen atoms in total. The van der Waals surface area contributed by atoms with Crippen molar-refractivity contribution in [2.75, 3.05) is 19.8 Å². The molecular weight excluding hydrogens is 254 g/mol. The first-order chi connectivity index (χ1) is 8.52. The van der Waals surface area contributed by atoms with Crippen LogP contribution in [0.15, 0.2) is 12.1 Å². The second-order valence-corrected chi connectivity index (χ2v) is 5.66. The summed E-state index contributed by atoms with van der Waals surface area (Å²) in [6.45, 7) is 5.86. The molecule has 18 heavy (non-hydrogen) atoms. The zero-order valence-corrected chi connectivity index (χ0v) is 11.4. The van der Waals surface area contributed by atoms with Gasteiger partial charge in [0.1, 0.15) is 0 Å². The van der Waals surface area contributed by atoms with Crippen molar-refractivity contribution in [3.05, 3.63) is 22.7 Å². The van der Waals surface area contributed by atoms with Crippen LogP contribution in [-0.4, -0.2) is 19.8 Å². The van der Waals surface area contributed by atoms with Crippen LogP contribution in [0.25, 0.3) is 0 Å². The van der Waals surface area contributed by atoms with Gasteiger partial charge in [0.25, 0.3) is 0 Å². The Hall–Kier alpha value is -0.970. The Morgan fingerprint density at radius 2 is 1.89 bits per heavy atom. The van der Waals surface area contributed by atoms with Gasteiger partial charge in [0.05, 0.1) is 19.8 Å². The van der Waals surface area contributed by atoms with E-state index in [0.717, 1.165) is 11.3 Å². The Morgan fingerprint density at radius 1 is 1.28 bits per heavy atom. The van der Waals surface area contributed by atoms with Crippen LogP contribution in [0, 0.1) is 5.41 Å². The van der Waals surface area contributed by atoms with Gasteiger partial charge in [-0.05, 0) is 18.1 Å². The molecule has 0 saturated carbocycles. The molecule has 0 bridgehead atoms. The van der Waals surface area contributed by atoms with E-state index in [1.54, 1.807) is 6.07 Å². The summed E-state index contributed by atoms with van der Waals surface area (Å²) >= 11 is 6.19. The molecule has 2 N–H and O–H groups in total. The van der Waals surface area contributed by atoms with Gasteiger partial charge in [-0.15, -0.1) is 0 Å². The van der Waals surface area contributed by atoms with Crippen LogP contribution in [0.3, 0.4) is 0 Å². The fraction of sp³-hybridized carbons (Fsp3) is 0.538. The van der Waals surface area contributed by atoms with E-state index in [0.29, 0.717) is 37.0 Å². The van der Waals surface area contributed by atoms with Crippen molar-refractivity contribution in [1.29, 1.82) is 0 Å². The van der Waals surface area contributed by atoms with Gasteiger partial charge in [0.2, 0.25) is 0 Å². The first-order valence-electron chi connectivity index (χ1n) is 5.91. The molecule has 0 amide bonds. The summed E-state index contributed by atoms with van der Waals surface area (Å²) in [6.07, 6.45) is 0.648. The van der Waals surface area contributed by atoms with Crippen LogP contribution < -0.4 is 15.4 Å². The van der Waals surface area contributed by atoms with Gasteiger partial charge in [-0.3, -0.25) is 0 Å². The lowest BCUT2D eigenvalue weighted by molar-refractivity contribution is 0.139. The zero-order valence-electron chi connectivity index (χ0n) is 10.7. The predicted octanol–water partition coefficient (Wildman–Crippen LogP) is 2.57. The maximum Gasteiger partial charge on any atom is 0.162 e. The van der Waals surface area contributed by atoms with Gasteiger partial charge in [0.15, 0.2) is 11.5 Å². The van der Waals surface area contributed by atoms with Gasteiger partial charge in [-0.2, -0.15) is 0 Å². The summed E-state index contributed by atoms with van der Waals surface area (Å²) in [5.41, 5.74) is 0.940. The van der Waals surface area contributed by atoms with Crippen molar-refractivity contribution in [2.45, 2.75) is 20.3 Å². The third kappa shape index (κ3) is 3.07. The average molecular weight is 272 g/mol. The smallest absolute Gasteiger partial charge is 0.162 e. The van der Waals surface area contributed by atoms with Crippen LogP contribution in [0.5, 0.6) is 11.5 Å². The van der Waals surface area contributed by atoms with E-state index in [1.807, 2.05) is 6.07 Å². The molecular formula is C13H18ClNO3. The third-order valence-corrected chi connectivity index (χ3v) is 3.19. The summed E-state index contributed by atoms with van der Waals surface area (Å²) in [6, 6.07) is 3.70. The zero-order chi connectivity index (χ0) is 13.2. The highest BCUT2D eigenvalue weighted by Gasteiger charge is 2.25. The Kier molecular flexibility index (Phi) is 4.00. The minimum atomic E-state index is -0.00791. The minimum Gasteiger partial charge on any atom is -0.489 e. The molecule has 0 unspecified atom stereocenters. The number of hydrogen-bond donors (Lipinski definition) is 1. The van der Waals surface area contributed by atoms with Gasteiger partial charge < -0.3 is 14.3 Å². The quantitative estimate of drug-likeness (QED) is 0.859. The van der Waals surface area contributed by atoms with Crippen molar-refractivity contribution >= 4 is 11.6 Å². The standard InChI is InChI=1S/C13H18ClNO3/c1-13(2)7-16-11-5-9(3-4-18-15)10(14)6-12(11)17-8-13/h5-6H,3-4,7-8,15H2,1-2H3. The van der Waals surface area contributed by atoms with Crippen LogP contribution in [0.1, 0.15) is 19.4 Å². The highest BCUT2D eigenvalue weighted by molar-refractivity contribution is 6.31. The van der Waals surface area contributed by atoms with Crippen molar-refractivity contribution in [1.82, 2.24) is 0 Å². The van der Waals surface area contributed by atoms with Gasteiger partial charge in [0, 0.05) is 16.5 Å². The fourth-order valence-corrected chi connectivity index (χ4v) is 2.00. The van der Waals surface area contributed by atoms with E-state index < -0.39 is 0 Å². The molecule has 0 fully saturated rings. The average Bonchev–Trinajstić information content (AvgIpc) is 2.46. The molecule has 1 aliphatic heterocycles. The third-order valence-electron chi connectivity index (χ3n) is 2.84.